The largest absolute Gasteiger partial charge is 0.323 e. The number of halogens is 1. The number of para-hydroxylation sites is 2. The molecule has 0 saturated heterocycles. The summed E-state index contributed by atoms with van der Waals surface area (Å²) in [5.74, 6) is -0.839. The molecule has 2 heterocycles. The van der Waals surface area contributed by atoms with Gasteiger partial charge in [0.2, 0.25) is 5.91 Å². The molecule has 29 heavy (non-hydrogen) atoms. The Balaban J connectivity index is 1.62. The van der Waals surface area contributed by atoms with Crippen molar-refractivity contribution in [3.8, 4) is 5.69 Å². The summed E-state index contributed by atoms with van der Waals surface area (Å²) in [6, 6.07) is 13.2. The second-order valence-electron chi connectivity index (χ2n) is 6.80. The number of rotatable bonds is 3. The summed E-state index contributed by atoms with van der Waals surface area (Å²) in [6.45, 7) is 3.70. The lowest BCUT2D eigenvalue weighted by atomic mass is 10.1. The number of nitrogens with zero attached hydrogens (tertiary/aromatic N) is 3. The molecule has 4 rings (SSSR count). The first-order valence-corrected chi connectivity index (χ1v) is 9.14. The molecule has 0 fully saturated rings. The van der Waals surface area contributed by atoms with Crippen LogP contribution >= 0.6 is 0 Å². The van der Waals surface area contributed by atoms with E-state index in [4.69, 9.17) is 0 Å². The molecule has 0 aliphatic carbocycles. The van der Waals surface area contributed by atoms with Crippen LogP contribution in [-0.4, -0.2) is 28.1 Å². The van der Waals surface area contributed by atoms with Gasteiger partial charge in [-0.1, -0.05) is 12.1 Å². The highest BCUT2D eigenvalue weighted by Crippen LogP contribution is 2.29. The number of aryl methyl sites for hydroxylation is 1. The van der Waals surface area contributed by atoms with Crippen molar-refractivity contribution in [2.24, 2.45) is 0 Å². The first-order valence-electron chi connectivity index (χ1n) is 9.14. The second-order valence-corrected chi connectivity index (χ2v) is 6.80. The highest BCUT2D eigenvalue weighted by Gasteiger charge is 2.25. The third kappa shape index (κ3) is 3.54. The van der Waals surface area contributed by atoms with E-state index in [9.17, 15) is 14.0 Å². The molecule has 0 unspecified atom stereocenters. The zero-order valence-corrected chi connectivity index (χ0v) is 16.0. The van der Waals surface area contributed by atoms with E-state index in [2.05, 4.69) is 10.4 Å². The Kier molecular flexibility index (Phi) is 4.72. The van der Waals surface area contributed by atoms with E-state index in [0.29, 0.717) is 11.4 Å². The van der Waals surface area contributed by atoms with Gasteiger partial charge in [-0.05, 0) is 56.3 Å². The summed E-state index contributed by atoms with van der Waals surface area (Å²) in [4.78, 5) is 26.2. The second kappa shape index (κ2) is 7.35. The molecule has 1 aliphatic heterocycles. The number of amides is 2. The highest BCUT2D eigenvalue weighted by molar-refractivity contribution is 6.13. The maximum atomic E-state index is 13.2. The Hall–Kier alpha value is -3.74. The van der Waals surface area contributed by atoms with Crippen molar-refractivity contribution in [1.82, 2.24) is 9.78 Å². The molecule has 7 heteroatoms. The Morgan fingerprint density at radius 1 is 1.14 bits per heavy atom. The van der Waals surface area contributed by atoms with Crippen molar-refractivity contribution < 1.29 is 14.0 Å². The van der Waals surface area contributed by atoms with Crippen molar-refractivity contribution in [3.05, 3.63) is 77.4 Å². The number of carbonyl (C=O) groups is 2. The number of benzene rings is 2. The monoisotopic (exact) mass is 390 g/mol. The normalized spacial score (nSPS) is 13.5. The molecule has 2 aromatic carbocycles. The number of hydrogen-bond acceptors (Lipinski definition) is 3. The summed E-state index contributed by atoms with van der Waals surface area (Å²) in [5.41, 5.74) is 4.39. The molecule has 0 radical (unpaired) electrons. The third-order valence-corrected chi connectivity index (χ3v) is 4.85. The topological polar surface area (TPSA) is 67.2 Å². The third-order valence-electron chi connectivity index (χ3n) is 4.85. The smallest absolute Gasteiger partial charge is 0.251 e. The molecule has 0 atom stereocenters. The van der Waals surface area contributed by atoms with Crippen LogP contribution in [0.3, 0.4) is 0 Å². The number of carbonyl (C=O) groups excluding carboxylic acids is 2. The number of hydrogen-bond donors (Lipinski definition) is 1. The molecular formula is C22H19FN4O2. The first-order chi connectivity index (χ1) is 13.9. The van der Waals surface area contributed by atoms with Crippen LogP contribution in [0.5, 0.6) is 0 Å². The van der Waals surface area contributed by atoms with E-state index in [0.717, 1.165) is 22.6 Å². The van der Waals surface area contributed by atoms with Crippen LogP contribution in [0.1, 0.15) is 17.0 Å². The van der Waals surface area contributed by atoms with E-state index < -0.39 is 0 Å². The summed E-state index contributed by atoms with van der Waals surface area (Å²) in [7, 11) is 0. The Bertz CT molecular complexity index is 1130. The predicted molar refractivity (Wildman–Crippen MR) is 109 cm³/mol. The van der Waals surface area contributed by atoms with E-state index in [1.807, 2.05) is 19.9 Å². The van der Waals surface area contributed by atoms with Gasteiger partial charge < -0.3 is 5.32 Å². The average molecular weight is 390 g/mol. The van der Waals surface area contributed by atoms with E-state index in [1.165, 1.54) is 23.1 Å². The molecule has 0 saturated carbocycles. The summed E-state index contributed by atoms with van der Waals surface area (Å²) in [5, 5.41) is 7.27. The lowest BCUT2D eigenvalue weighted by Crippen LogP contribution is -2.41. The van der Waals surface area contributed by atoms with Gasteiger partial charge in [0.25, 0.3) is 5.91 Å². The van der Waals surface area contributed by atoms with Gasteiger partial charge in [0.1, 0.15) is 12.4 Å². The van der Waals surface area contributed by atoms with Gasteiger partial charge in [-0.25, -0.2) is 9.07 Å². The lowest BCUT2D eigenvalue weighted by Gasteiger charge is -2.28. The van der Waals surface area contributed by atoms with Crippen molar-refractivity contribution in [3.63, 3.8) is 0 Å². The van der Waals surface area contributed by atoms with Crippen molar-refractivity contribution in [2.45, 2.75) is 13.8 Å². The van der Waals surface area contributed by atoms with Crippen LogP contribution in [-0.2, 0) is 9.59 Å². The molecule has 1 aliphatic rings. The van der Waals surface area contributed by atoms with Gasteiger partial charge >= 0.3 is 0 Å². The maximum Gasteiger partial charge on any atom is 0.251 e. The van der Waals surface area contributed by atoms with Crippen LogP contribution in [0.2, 0.25) is 0 Å². The zero-order valence-electron chi connectivity index (χ0n) is 16.0. The lowest BCUT2D eigenvalue weighted by molar-refractivity contribution is -0.119. The Morgan fingerprint density at radius 3 is 2.62 bits per heavy atom. The number of nitrogens with one attached hydrogen (secondary N) is 1. The van der Waals surface area contributed by atoms with Crippen LogP contribution in [0.15, 0.2) is 54.6 Å². The first kappa shape index (κ1) is 18.6. The Labute approximate surface area is 167 Å². The van der Waals surface area contributed by atoms with E-state index in [-0.39, 0.29) is 24.2 Å². The van der Waals surface area contributed by atoms with Crippen molar-refractivity contribution >= 4 is 29.3 Å². The Morgan fingerprint density at radius 2 is 1.86 bits per heavy atom. The van der Waals surface area contributed by atoms with Gasteiger partial charge in [0, 0.05) is 17.3 Å². The standard InChI is InChI=1S/C22H19FN4O2/c1-14-18(15(2)27(25-14)17-9-7-16(23)8-10-17)11-12-22(29)26-13-21(28)24-19-5-3-4-6-20(19)26/h3-12H,13H2,1-2H3,(H,24,28)/b12-11+. The van der Waals surface area contributed by atoms with Crippen molar-refractivity contribution in [1.29, 1.82) is 0 Å². The zero-order chi connectivity index (χ0) is 20.5. The molecule has 1 aromatic heterocycles. The molecule has 3 aromatic rings. The van der Waals surface area contributed by atoms with E-state index in [1.54, 1.807) is 41.1 Å². The van der Waals surface area contributed by atoms with Crippen LogP contribution < -0.4 is 10.2 Å². The fraction of sp³-hybridized carbons (Fsp3) is 0.136. The van der Waals surface area contributed by atoms with Crippen molar-refractivity contribution in [2.75, 3.05) is 16.8 Å². The van der Waals surface area contributed by atoms with Gasteiger partial charge in [0.15, 0.2) is 0 Å². The highest BCUT2D eigenvalue weighted by atomic mass is 19.1. The van der Waals surface area contributed by atoms with Crippen LogP contribution in [0.25, 0.3) is 11.8 Å². The molecule has 0 spiro atoms. The summed E-state index contributed by atoms with van der Waals surface area (Å²) in [6.07, 6.45) is 3.15. The fourth-order valence-corrected chi connectivity index (χ4v) is 3.40. The summed E-state index contributed by atoms with van der Waals surface area (Å²) >= 11 is 0. The maximum absolute atomic E-state index is 13.2. The SMILES string of the molecule is Cc1nn(-c2ccc(F)cc2)c(C)c1/C=C/C(=O)N1CC(=O)Nc2ccccc21. The van der Waals surface area contributed by atoms with Gasteiger partial charge in [0.05, 0.1) is 22.8 Å². The number of aromatic nitrogens is 2. The molecule has 1 N–H and O–H groups in total. The quantitative estimate of drug-likeness (QED) is 0.695. The number of fused-ring (bicyclic) bond motifs is 1. The molecule has 6 nitrogen and oxygen atoms in total. The molecule has 0 bridgehead atoms. The minimum absolute atomic E-state index is 0.0347. The molecule has 2 amide bonds. The van der Waals surface area contributed by atoms with Crippen LogP contribution in [0, 0.1) is 19.7 Å². The predicted octanol–water partition coefficient (Wildman–Crippen LogP) is 3.63. The minimum atomic E-state index is -0.313. The van der Waals surface area contributed by atoms with Gasteiger partial charge in [-0.3, -0.25) is 14.5 Å². The summed E-state index contributed by atoms with van der Waals surface area (Å²) < 4.78 is 14.9. The molecule has 146 valence electrons. The average Bonchev–Trinajstić information content (AvgIpc) is 2.99. The van der Waals surface area contributed by atoms with Gasteiger partial charge in [-0.15, -0.1) is 0 Å². The van der Waals surface area contributed by atoms with Gasteiger partial charge in [-0.2, -0.15) is 5.10 Å². The number of anilines is 2. The fourth-order valence-electron chi connectivity index (χ4n) is 3.40. The van der Waals surface area contributed by atoms with Crippen LogP contribution in [0.4, 0.5) is 15.8 Å². The minimum Gasteiger partial charge on any atom is -0.323 e. The van der Waals surface area contributed by atoms with E-state index >= 15 is 0 Å². The molecular weight excluding hydrogens is 371 g/mol.